The van der Waals surface area contributed by atoms with E-state index in [0.717, 1.165) is 4.90 Å². The van der Waals surface area contributed by atoms with Crippen molar-refractivity contribution in [1.29, 1.82) is 0 Å². The average Bonchev–Trinajstić information content (AvgIpc) is 2.97. The number of anilines is 1. The highest BCUT2D eigenvalue weighted by Crippen LogP contribution is 2.56. The van der Waals surface area contributed by atoms with Gasteiger partial charge in [-0.2, -0.15) is 0 Å². The quantitative estimate of drug-likeness (QED) is 0.572. The van der Waals surface area contributed by atoms with Crippen molar-refractivity contribution in [3.8, 4) is 0 Å². The molecular weight excluding hydrogens is 249 g/mol. The van der Waals surface area contributed by atoms with E-state index in [1.165, 1.54) is 0 Å². The van der Waals surface area contributed by atoms with Crippen LogP contribution in [0.25, 0.3) is 0 Å². The molecule has 1 spiro atoms. The van der Waals surface area contributed by atoms with Gasteiger partial charge in [-0.3, -0.25) is 9.59 Å². The molecule has 1 saturated carbocycles. The van der Waals surface area contributed by atoms with Crippen molar-refractivity contribution in [1.82, 2.24) is 0 Å². The highest BCUT2D eigenvalue weighted by Gasteiger charge is 2.69. The Balaban J connectivity index is 1.99. The number of nitrogens with zero attached hydrogens (tertiary/aromatic N) is 1. The van der Waals surface area contributed by atoms with Crippen LogP contribution in [0.2, 0.25) is 10.0 Å². The van der Waals surface area contributed by atoms with Gasteiger partial charge in [0.25, 0.3) is 0 Å². The molecular formula is C11H7Cl2NO2. The molecule has 3 nitrogen and oxygen atoms in total. The normalized spacial score (nSPS) is 21.2. The predicted molar refractivity (Wildman–Crippen MR) is 60.6 cm³/mol. The summed E-state index contributed by atoms with van der Waals surface area (Å²) in [4.78, 5) is 24.8. The molecule has 1 aliphatic carbocycles. The SMILES string of the molecule is O=C1N(c2cc(Cl)cc(Cl)c2)C(=O)C12CC2. The topological polar surface area (TPSA) is 37.4 Å². The Morgan fingerprint density at radius 3 is 1.94 bits per heavy atom. The molecule has 3 rings (SSSR count). The van der Waals surface area contributed by atoms with Crippen molar-refractivity contribution in [2.75, 3.05) is 4.90 Å². The number of benzene rings is 1. The Hall–Kier alpha value is -1.06. The summed E-state index contributed by atoms with van der Waals surface area (Å²) in [6, 6.07) is 4.70. The zero-order valence-electron chi connectivity index (χ0n) is 8.17. The van der Waals surface area contributed by atoms with Gasteiger partial charge in [-0.05, 0) is 31.0 Å². The van der Waals surface area contributed by atoms with Gasteiger partial charge in [0.1, 0.15) is 5.41 Å². The summed E-state index contributed by atoms with van der Waals surface area (Å²) in [5.74, 6) is -0.258. The van der Waals surface area contributed by atoms with Crippen LogP contribution in [0.4, 0.5) is 5.69 Å². The minimum atomic E-state index is -0.686. The van der Waals surface area contributed by atoms with Crippen LogP contribution in [0, 0.1) is 5.41 Å². The van der Waals surface area contributed by atoms with E-state index >= 15 is 0 Å². The first-order chi connectivity index (χ1) is 7.54. The maximum absolute atomic E-state index is 11.8. The largest absolute Gasteiger partial charge is 0.273 e. The highest BCUT2D eigenvalue weighted by molar-refractivity contribution is 6.39. The lowest BCUT2D eigenvalue weighted by Crippen LogP contribution is -2.59. The lowest BCUT2D eigenvalue weighted by molar-refractivity contribution is -0.145. The van der Waals surface area contributed by atoms with Gasteiger partial charge in [0.2, 0.25) is 11.8 Å². The lowest BCUT2D eigenvalue weighted by Gasteiger charge is -2.36. The molecule has 1 saturated heterocycles. The zero-order chi connectivity index (χ0) is 11.5. The van der Waals surface area contributed by atoms with Crippen LogP contribution in [0.1, 0.15) is 12.8 Å². The van der Waals surface area contributed by atoms with Crippen LogP contribution in [-0.2, 0) is 9.59 Å². The Labute approximate surface area is 102 Å². The maximum atomic E-state index is 11.8. The highest BCUT2D eigenvalue weighted by atomic mass is 35.5. The molecule has 1 aromatic carbocycles. The van der Waals surface area contributed by atoms with E-state index in [0.29, 0.717) is 28.6 Å². The third kappa shape index (κ3) is 1.16. The molecule has 1 heterocycles. The molecule has 1 aliphatic heterocycles. The molecule has 0 atom stereocenters. The summed E-state index contributed by atoms with van der Waals surface area (Å²) >= 11 is 11.6. The fraction of sp³-hybridized carbons (Fsp3) is 0.273. The van der Waals surface area contributed by atoms with Crippen molar-refractivity contribution in [2.24, 2.45) is 5.41 Å². The summed E-state index contributed by atoms with van der Waals surface area (Å²) in [6.45, 7) is 0. The molecule has 2 amide bonds. The maximum Gasteiger partial charge on any atom is 0.249 e. The summed E-state index contributed by atoms with van der Waals surface area (Å²) in [5, 5.41) is 0.833. The van der Waals surface area contributed by atoms with Gasteiger partial charge in [-0.15, -0.1) is 0 Å². The van der Waals surface area contributed by atoms with E-state index in [2.05, 4.69) is 0 Å². The van der Waals surface area contributed by atoms with E-state index in [1.807, 2.05) is 0 Å². The Morgan fingerprint density at radius 2 is 1.50 bits per heavy atom. The van der Waals surface area contributed by atoms with Gasteiger partial charge < -0.3 is 0 Å². The molecule has 0 radical (unpaired) electrons. The molecule has 0 unspecified atom stereocenters. The molecule has 1 aromatic rings. The summed E-state index contributed by atoms with van der Waals surface area (Å²) in [6.07, 6.45) is 1.35. The standard InChI is InChI=1S/C11H7Cl2NO2/c12-6-3-7(13)5-8(4-6)14-9(15)11(1-2-11)10(14)16/h3-5H,1-2H2. The molecule has 2 fully saturated rings. The first-order valence-corrected chi connectivity index (χ1v) is 5.65. The van der Waals surface area contributed by atoms with E-state index in [-0.39, 0.29) is 11.8 Å². The predicted octanol–water partition coefficient (Wildman–Crippen LogP) is 2.65. The number of rotatable bonds is 1. The molecule has 0 aromatic heterocycles. The molecule has 16 heavy (non-hydrogen) atoms. The van der Waals surface area contributed by atoms with Gasteiger partial charge in [-0.1, -0.05) is 23.2 Å². The first kappa shape index (κ1) is 10.1. The smallest absolute Gasteiger partial charge is 0.249 e. The second-order valence-electron chi connectivity index (χ2n) is 4.16. The fourth-order valence-electron chi connectivity index (χ4n) is 2.01. The number of carbonyl (C=O) groups excluding carboxylic acids is 2. The second kappa shape index (κ2) is 2.99. The van der Waals surface area contributed by atoms with Crippen LogP contribution >= 0.6 is 23.2 Å². The van der Waals surface area contributed by atoms with Crippen molar-refractivity contribution >= 4 is 40.7 Å². The lowest BCUT2D eigenvalue weighted by atomic mass is 9.93. The van der Waals surface area contributed by atoms with Crippen molar-refractivity contribution in [2.45, 2.75) is 12.8 Å². The third-order valence-corrected chi connectivity index (χ3v) is 3.52. The number of halogens is 2. The Kier molecular flexibility index (Phi) is 1.89. The summed E-state index contributed by atoms with van der Waals surface area (Å²) < 4.78 is 0. The number of imide groups is 1. The van der Waals surface area contributed by atoms with Gasteiger partial charge in [0.15, 0.2) is 0 Å². The summed E-state index contributed by atoms with van der Waals surface area (Å²) in [5.41, 5.74) is -0.223. The minimum absolute atomic E-state index is 0.129. The third-order valence-electron chi connectivity index (χ3n) is 3.08. The van der Waals surface area contributed by atoms with Crippen LogP contribution in [0.3, 0.4) is 0 Å². The van der Waals surface area contributed by atoms with Gasteiger partial charge in [0.05, 0.1) is 5.69 Å². The van der Waals surface area contributed by atoms with E-state index in [9.17, 15) is 9.59 Å². The van der Waals surface area contributed by atoms with Gasteiger partial charge >= 0.3 is 0 Å². The average molecular weight is 256 g/mol. The van der Waals surface area contributed by atoms with Crippen LogP contribution in [0.15, 0.2) is 18.2 Å². The Bertz CT molecular complexity index is 484. The van der Waals surface area contributed by atoms with Crippen LogP contribution in [-0.4, -0.2) is 11.8 Å². The van der Waals surface area contributed by atoms with E-state index in [1.54, 1.807) is 18.2 Å². The minimum Gasteiger partial charge on any atom is -0.273 e. The van der Waals surface area contributed by atoms with E-state index in [4.69, 9.17) is 23.2 Å². The number of hydrogen-bond donors (Lipinski definition) is 0. The second-order valence-corrected chi connectivity index (χ2v) is 5.03. The zero-order valence-corrected chi connectivity index (χ0v) is 9.68. The molecule has 0 bridgehead atoms. The van der Waals surface area contributed by atoms with E-state index < -0.39 is 5.41 Å². The van der Waals surface area contributed by atoms with Crippen molar-refractivity contribution < 1.29 is 9.59 Å². The molecule has 5 heteroatoms. The van der Waals surface area contributed by atoms with Crippen molar-refractivity contribution in [3.63, 3.8) is 0 Å². The number of carbonyl (C=O) groups is 2. The fourth-order valence-corrected chi connectivity index (χ4v) is 2.53. The van der Waals surface area contributed by atoms with Gasteiger partial charge in [-0.25, -0.2) is 4.90 Å². The molecule has 2 aliphatic rings. The van der Waals surface area contributed by atoms with Crippen molar-refractivity contribution in [3.05, 3.63) is 28.2 Å². The van der Waals surface area contributed by atoms with Gasteiger partial charge in [0, 0.05) is 10.0 Å². The molecule has 0 N–H and O–H groups in total. The summed E-state index contributed by atoms with van der Waals surface area (Å²) in [7, 11) is 0. The van der Waals surface area contributed by atoms with Crippen LogP contribution in [0.5, 0.6) is 0 Å². The number of hydrogen-bond acceptors (Lipinski definition) is 2. The monoisotopic (exact) mass is 255 g/mol. The Morgan fingerprint density at radius 1 is 1.00 bits per heavy atom. The first-order valence-electron chi connectivity index (χ1n) is 4.90. The number of β-lactam (4-membered cyclic amide) rings is 2. The van der Waals surface area contributed by atoms with Crippen LogP contribution < -0.4 is 4.90 Å². The molecule has 82 valence electrons. The number of amides is 2.